The summed E-state index contributed by atoms with van der Waals surface area (Å²) in [6.45, 7) is 0. The maximum atomic E-state index is 12.1. The molecule has 1 aliphatic carbocycles. The summed E-state index contributed by atoms with van der Waals surface area (Å²) in [6.07, 6.45) is 0.432. The number of carbonyl (C=O) groups is 1. The third kappa shape index (κ3) is 3.49. The quantitative estimate of drug-likeness (QED) is 0.669. The average Bonchev–Trinajstić information content (AvgIpc) is 2.90. The fraction of sp³-hybridized carbons (Fsp3) is 0.364. The maximum absolute atomic E-state index is 12.1. The van der Waals surface area contributed by atoms with Crippen LogP contribution in [-0.4, -0.2) is 16.0 Å². The zero-order chi connectivity index (χ0) is 13.3. The molecule has 0 saturated heterocycles. The molecule has 1 N–H and O–H groups in total. The molecule has 1 fully saturated rings. The summed E-state index contributed by atoms with van der Waals surface area (Å²) in [5.41, 5.74) is 0.537. The number of hydrogen-bond donors (Lipinski definition) is 1. The van der Waals surface area contributed by atoms with Crippen LogP contribution < -0.4 is 5.32 Å². The molecular formula is C11H9Cl2F2NOS. The molecule has 1 aliphatic rings. The smallest absolute Gasteiger partial charge is 0.288 e. The van der Waals surface area contributed by atoms with Crippen molar-refractivity contribution < 1.29 is 13.6 Å². The summed E-state index contributed by atoms with van der Waals surface area (Å²) in [4.78, 5) is 12.1. The van der Waals surface area contributed by atoms with E-state index in [-0.39, 0.29) is 5.91 Å². The van der Waals surface area contributed by atoms with Crippen molar-refractivity contribution in [3.63, 3.8) is 0 Å². The van der Waals surface area contributed by atoms with E-state index in [4.69, 9.17) is 23.2 Å². The lowest BCUT2D eigenvalue weighted by atomic mass is 10.3. The highest BCUT2D eigenvalue weighted by Gasteiger charge is 2.56. The van der Waals surface area contributed by atoms with Crippen LogP contribution in [0.15, 0.2) is 29.2 Å². The molecule has 1 atom stereocenters. The van der Waals surface area contributed by atoms with Crippen LogP contribution in [0.3, 0.4) is 0 Å². The van der Waals surface area contributed by atoms with Crippen LogP contribution in [0.4, 0.5) is 14.5 Å². The topological polar surface area (TPSA) is 29.1 Å². The summed E-state index contributed by atoms with van der Waals surface area (Å²) in [7, 11) is 0. The second-order valence-electron chi connectivity index (χ2n) is 3.91. The van der Waals surface area contributed by atoms with E-state index in [1.165, 1.54) is 12.1 Å². The van der Waals surface area contributed by atoms with E-state index in [0.717, 1.165) is 0 Å². The number of amides is 1. The van der Waals surface area contributed by atoms with Gasteiger partial charge in [0.25, 0.3) is 5.76 Å². The van der Waals surface area contributed by atoms with Crippen molar-refractivity contribution >= 4 is 46.6 Å². The maximum Gasteiger partial charge on any atom is 0.288 e. The van der Waals surface area contributed by atoms with E-state index in [0.29, 0.717) is 28.8 Å². The van der Waals surface area contributed by atoms with Crippen molar-refractivity contribution in [2.75, 3.05) is 5.32 Å². The molecule has 0 spiro atoms. The van der Waals surface area contributed by atoms with Crippen LogP contribution in [-0.2, 0) is 4.79 Å². The van der Waals surface area contributed by atoms with E-state index in [2.05, 4.69) is 5.32 Å². The van der Waals surface area contributed by atoms with E-state index in [1.54, 1.807) is 12.1 Å². The monoisotopic (exact) mass is 311 g/mol. The first-order valence-corrected chi connectivity index (χ1v) is 6.75. The molecule has 1 aromatic rings. The van der Waals surface area contributed by atoms with Gasteiger partial charge >= 0.3 is 0 Å². The molecule has 0 radical (unpaired) electrons. The molecule has 7 heteroatoms. The number of benzene rings is 1. The van der Waals surface area contributed by atoms with Gasteiger partial charge in [-0.15, -0.1) is 23.2 Å². The normalized spacial score (nSPS) is 20.8. The summed E-state index contributed by atoms with van der Waals surface area (Å²) in [5.74, 6) is -3.12. The van der Waals surface area contributed by atoms with E-state index in [9.17, 15) is 13.6 Å². The molecule has 0 aliphatic heterocycles. The SMILES string of the molecule is O=C(Nc1ccc(SC(F)F)cc1)C1CC1(Cl)Cl. The number of alkyl halides is 4. The van der Waals surface area contributed by atoms with Gasteiger partial charge in [-0.25, -0.2) is 0 Å². The van der Waals surface area contributed by atoms with Gasteiger partial charge in [0, 0.05) is 10.6 Å². The minimum Gasteiger partial charge on any atom is -0.326 e. The van der Waals surface area contributed by atoms with Gasteiger partial charge in [-0.1, -0.05) is 11.8 Å². The van der Waals surface area contributed by atoms with Crippen molar-refractivity contribution in [3.05, 3.63) is 24.3 Å². The average molecular weight is 312 g/mol. The van der Waals surface area contributed by atoms with Crippen LogP contribution in [0.2, 0.25) is 0 Å². The second-order valence-corrected chi connectivity index (χ2v) is 6.52. The van der Waals surface area contributed by atoms with Gasteiger partial charge in [0.1, 0.15) is 4.33 Å². The van der Waals surface area contributed by atoms with Gasteiger partial charge in [0.05, 0.1) is 5.92 Å². The third-order valence-electron chi connectivity index (χ3n) is 2.49. The lowest BCUT2D eigenvalue weighted by Gasteiger charge is -2.06. The van der Waals surface area contributed by atoms with Crippen molar-refractivity contribution in [3.8, 4) is 0 Å². The Morgan fingerprint density at radius 2 is 1.94 bits per heavy atom. The highest BCUT2D eigenvalue weighted by atomic mass is 35.5. The molecule has 0 bridgehead atoms. The zero-order valence-electron chi connectivity index (χ0n) is 9.00. The number of carbonyl (C=O) groups excluding carboxylic acids is 1. The van der Waals surface area contributed by atoms with Gasteiger partial charge in [-0.2, -0.15) is 8.78 Å². The summed E-state index contributed by atoms with van der Waals surface area (Å²) in [6, 6.07) is 6.17. The first kappa shape index (κ1) is 13.9. The first-order valence-electron chi connectivity index (χ1n) is 5.12. The molecule has 0 heterocycles. The fourth-order valence-corrected chi connectivity index (χ4v) is 2.45. The van der Waals surface area contributed by atoms with Crippen molar-refractivity contribution in [1.29, 1.82) is 0 Å². The van der Waals surface area contributed by atoms with Crippen molar-refractivity contribution in [1.82, 2.24) is 0 Å². The standard InChI is InChI=1S/C11H9Cl2F2NOS/c12-11(13)5-8(11)9(17)16-6-1-3-7(4-2-6)18-10(14)15/h1-4,8,10H,5H2,(H,16,17). The van der Waals surface area contributed by atoms with Gasteiger partial charge in [-0.3, -0.25) is 4.79 Å². The zero-order valence-corrected chi connectivity index (χ0v) is 11.3. The third-order valence-corrected chi connectivity index (χ3v) is 4.05. The largest absolute Gasteiger partial charge is 0.326 e. The number of halogens is 4. The van der Waals surface area contributed by atoms with Crippen molar-refractivity contribution in [2.24, 2.45) is 5.92 Å². The second kappa shape index (κ2) is 5.23. The highest BCUT2D eigenvalue weighted by Crippen LogP contribution is 2.53. The van der Waals surface area contributed by atoms with Gasteiger partial charge in [-0.05, 0) is 30.7 Å². The van der Waals surface area contributed by atoms with E-state index >= 15 is 0 Å². The lowest BCUT2D eigenvalue weighted by molar-refractivity contribution is -0.117. The molecule has 1 saturated carbocycles. The molecule has 0 aromatic heterocycles. The summed E-state index contributed by atoms with van der Waals surface area (Å²) >= 11 is 12.0. The molecule has 1 aromatic carbocycles. The van der Waals surface area contributed by atoms with Gasteiger partial charge in [0.2, 0.25) is 5.91 Å². The fourth-order valence-electron chi connectivity index (χ4n) is 1.45. The van der Waals surface area contributed by atoms with Crippen LogP contribution in [0.5, 0.6) is 0 Å². The minimum absolute atomic E-state index is 0.255. The van der Waals surface area contributed by atoms with Crippen LogP contribution in [0, 0.1) is 5.92 Å². The van der Waals surface area contributed by atoms with E-state index < -0.39 is 16.0 Å². The number of nitrogens with one attached hydrogen (secondary N) is 1. The molecule has 2 rings (SSSR count). The van der Waals surface area contributed by atoms with Gasteiger partial charge in [0.15, 0.2) is 0 Å². The summed E-state index contributed by atoms with van der Waals surface area (Å²) < 4.78 is 23.2. The Morgan fingerprint density at radius 1 is 1.39 bits per heavy atom. The Morgan fingerprint density at radius 3 is 2.39 bits per heavy atom. The van der Waals surface area contributed by atoms with Gasteiger partial charge < -0.3 is 5.32 Å². The Balaban J connectivity index is 1.92. The molecule has 2 nitrogen and oxygen atoms in total. The predicted molar refractivity (Wildman–Crippen MR) is 69.5 cm³/mol. The summed E-state index contributed by atoms with van der Waals surface area (Å²) in [5, 5.41) is 2.64. The van der Waals surface area contributed by atoms with E-state index in [1.807, 2.05) is 0 Å². The Labute approximate surface area is 117 Å². The Kier molecular flexibility index (Phi) is 4.04. The van der Waals surface area contributed by atoms with Crippen LogP contribution in [0.25, 0.3) is 0 Å². The van der Waals surface area contributed by atoms with Crippen LogP contribution in [0.1, 0.15) is 6.42 Å². The minimum atomic E-state index is -2.45. The number of hydrogen-bond acceptors (Lipinski definition) is 2. The number of thioether (sulfide) groups is 1. The number of rotatable bonds is 4. The number of anilines is 1. The Hall–Kier alpha value is -0.520. The molecule has 1 unspecified atom stereocenters. The molecule has 98 valence electrons. The lowest BCUT2D eigenvalue weighted by Crippen LogP contribution is -2.16. The van der Waals surface area contributed by atoms with Crippen molar-refractivity contribution in [2.45, 2.75) is 21.4 Å². The predicted octanol–water partition coefficient (Wildman–Crippen LogP) is 4.13. The van der Waals surface area contributed by atoms with Crippen LogP contribution >= 0.6 is 35.0 Å². The molecular weight excluding hydrogens is 303 g/mol. The first-order chi connectivity index (χ1) is 8.38. The highest BCUT2D eigenvalue weighted by molar-refractivity contribution is 7.99. The molecule has 1 amide bonds. The Bertz CT molecular complexity index is 453. The molecule has 18 heavy (non-hydrogen) atoms.